The molecule has 0 radical (unpaired) electrons. The Hall–Kier alpha value is -3.33. The smallest absolute Gasteiger partial charge is 0.337 e. The van der Waals surface area contributed by atoms with Gasteiger partial charge in [-0.25, -0.2) is 19.7 Å². The van der Waals surface area contributed by atoms with Gasteiger partial charge in [0.2, 0.25) is 11.9 Å². The lowest BCUT2D eigenvalue weighted by Gasteiger charge is -2.36. The SMILES string of the molecule is COC(=O)c1ccc(N2C(=O)C[C@@H](N3CCN(c4ncccn4)CC3)C2=O)cc1. The molecule has 0 saturated carbocycles. The molecule has 2 saturated heterocycles. The molecule has 9 heteroatoms. The van der Waals surface area contributed by atoms with E-state index in [2.05, 4.69) is 19.6 Å². The van der Waals surface area contributed by atoms with Gasteiger partial charge in [0.25, 0.3) is 5.91 Å². The topological polar surface area (TPSA) is 95.9 Å². The summed E-state index contributed by atoms with van der Waals surface area (Å²) in [5.74, 6) is -0.257. The molecule has 0 aliphatic carbocycles. The zero-order valence-electron chi connectivity index (χ0n) is 16.0. The van der Waals surface area contributed by atoms with Gasteiger partial charge in [-0.1, -0.05) is 0 Å². The number of anilines is 2. The van der Waals surface area contributed by atoms with Gasteiger partial charge in [-0.3, -0.25) is 14.5 Å². The predicted octanol–water partition coefficient (Wildman–Crippen LogP) is 0.717. The molecule has 150 valence electrons. The number of benzene rings is 1. The molecule has 0 spiro atoms. The quantitative estimate of drug-likeness (QED) is 0.552. The Morgan fingerprint density at radius 1 is 1.03 bits per heavy atom. The fourth-order valence-corrected chi connectivity index (χ4v) is 3.72. The van der Waals surface area contributed by atoms with Crippen LogP contribution in [-0.4, -0.2) is 72.0 Å². The number of carbonyl (C=O) groups excluding carboxylic acids is 3. The van der Waals surface area contributed by atoms with E-state index in [0.717, 1.165) is 0 Å². The monoisotopic (exact) mass is 395 g/mol. The fraction of sp³-hybridized carbons (Fsp3) is 0.350. The molecule has 0 unspecified atom stereocenters. The van der Waals surface area contributed by atoms with Crippen LogP contribution in [0.2, 0.25) is 0 Å². The first-order valence-corrected chi connectivity index (χ1v) is 9.39. The average molecular weight is 395 g/mol. The van der Waals surface area contributed by atoms with Gasteiger partial charge in [-0.15, -0.1) is 0 Å². The minimum absolute atomic E-state index is 0.152. The van der Waals surface area contributed by atoms with Crippen molar-refractivity contribution >= 4 is 29.4 Å². The second kappa shape index (κ2) is 7.96. The highest BCUT2D eigenvalue weighted by atomic mass is 16.5. The van der Waals surface area contributed by atoms with E-state index in [1.807, 2.05) is 4.90 Å². The van der Waals surface area contributed by atoms with Crippen molar-refractivity contribution in [1.82, 2.24) is 14.9 Å². The standard InChI is InChI=1S/C20H21N5O4/c1-29-19(28)14-3-5-15(6-4-14)25-17(26)13-16(18(25)27)23-9-11-24(12-10-23)20-21-7-2-8-22-20/h2-8,16H,9-13H2,1H3/t16-/m1/s1. The third-order valence-electron chi connectivity index (χ3n) is 5.26. The van der Waals surface area contributed by atoms with Crippen LogP contribution in [0.25, 0.3) is 0 Å². The molecule has 4 rings (SSSR count). The number of hydrogen-bond acceptors (Lipinski definition) is 8. The second-order valence-electron chi connectivity index (χ2n) is 6.90. The zero-order valence-corrected chi connectivity index (χ0v) is 16.0. The molecule has 1 aromatic carbocycles. The number of amides is 2. The largest absolute Gasteiger partial charge is 0.465 e. The Bertz CT molecular complexity index is 910. The van der Waals surface area contributed by atoms with Gasteiger partial charge in [0, 0.05) is 38.6 Å². The highest BCUT2D eigenvalue weighted by Gasteiger charge is 2.43. The molecule has 2 aliphatic rings. The van der Waals surface area contributed by atoms with Crippen LogP contribution in [0.4, 0.5) is 11.6 Å². The molecule has 2 aliphatic heterocycles. The third kappa shape index (κ3) is 3.68. The minimum Gasteiger partial charge on any atom is -0.465 e. The Morgan fingerprint density at radius 2 is 1.69 bits per heavy atom. The number of imide groups is 1. The van der Waals surface area contributed by atoms with E-state index in [-0.39, 0.29) is 18.2 Å². The van der Waals surface area contributed by atoms with Gasteiger partial charge in [0.1, 0.15) is 0 Å². The molecule has 3 heterocycles. The van der Waals surface area contributed by atoms with E-state index < -0.39 is 12.0 Å². The maximum Gasteiger partial charge on any atom is 0.337 e. The highest BCUT2D eigenvalue weighted by molar-refractivity contribution is 6.22. The number of piperazine rings is 1. The number of ether oxygens (including phenoxy) is 1. The molecule has 0 N–H and O–H groups in total. The maximum atomic E-state index is 13.0. The summed E-state index contributed by atoms with van der Waals surface area (Å²) in [5, 5.41) is 0. The first-order chi connectivity index (χ1) is 14.1. The van der Waals surface area contributed by atoms with E-state index in [9.17, 15) is 14.4 Å². The van der Waals surface area contributed by atoms with Crippen molar-refractivity contribution in [3.05, 3.63) is 48.3 Å². The lowest BCUT2D eigenvalue weighted by atomic mass is 10.1. The van der Waals surface area contributed by atoms with Gasteiger partial charge >= 0.3 is 5.97 Å². The van der Waals surface area contributed by atoms with Crippen molar-refractivity contribution < 1.29 is 19.1 Å². The molecule has 9 nitrogen and oxygen atoms in total. The summed E-state index contributed by atoms with van der Waals surface area (Å²) in [6.45, 7) is 2.68. The lowest BCUT2D eigenvalue weighted by Crippen LogP contribution is -2.53. The maximum absolute atomic E-state index is 13.0. The summed E-state index contributed by atoms with van der Waals surface area (Å²) in [4.78, 5) is 51.0. The molecular formula is C20H21N5O4. The van der Waals surface area contributed by atoms with Crippen molar-refractivity contribution in [2.45, 2.75) is 12.5 Å². The zero-order chi connectivity index (χ0) is 20.4. The van der Waals surface area contributed by atoms with Crippen molar-refractivity contribution in [2.75, 3.05) is 43.1 Å². The van der Waals surface area contributed by atoms with Crippen LogP contribution in [0, 0.1) is 0 Å². The van der Waals surface area contributed by atoms with Crippen molar-refractivity contribution in [3.63, 3.8) is 0 Å². The van der Waals surface area contributed by atoms with Crippen molar-refractivity contribution in [2.24, 2.45) is 0 Å². The van der Waals surface area contributed by atoms with E-state index in [1.54, 1.807) is 42.7 Å². The molecule has 2 aromatic rings. The minimum atomic E-state index is -0.471. The number of nitrogens with zero attached hydrogens (tertiary/aromatic N) is 5. The first-order valence-electron chi connectivity index (χ1n) is 9.39. The molecule has 2 fully saturated rings. The Balaban J connectivity index is 1.43. The normalized spacial score (nSPS) is 20.2. The second-order valence-corrected chi connectivity index (χ2v) is 6.90. The van der Waals surface area contributed by atoms with E-state index >= 15 is 0 Å². The van der Waals surface area contributed by atoms with Gasteiger partial charge in [0.05, 0.1) is 30.8 Å². The number of carbonyl (C=O) groups is 3. The molecule has 29 heavy (non-hydrogen) atoms. The Kier molecular flexibility index (Phi) is 5.22. The van der Waals surface area contributed by atoms with Crippen LogP contribution in [0.15, 0.2) is 42.7 Å². The number of rotatable bonds is 4. The highest BCUT2D eigenvalue weighted by Crippen LogP contribution is 2.27. The number of hydrogen-bond donors (Lipinski definition) is 0. The third-order valence-corrected chi connectivity index (χ3v) is 5.26. The average Bonchev–Trinajstić information content (AvgIpc) is 3.08. The summed E-state index contributed by atoms with van der Waals surface area (Å²) in [7, 11) is 1.30. The van der Waals surface area contributed by atoms with Crippen molar-refractivity contribution in [3.8, 4) is 0 Å². The van der Waals surface area contributed by atoms with E-state index in [1.165, 1.54) is 12.0 Å². The predicted molar refractivity (Wildman–Crippen MR) is 104 cm³/mol. The van der Waals surface area contributed by atoms with Crippen LogP contribution >= 0.6 is 0 Å². The fourth-order valence-electron chi connectivity index (χ4n) is 3.72. The van der Waals surface area contributed by atoms with Gasteiger partial charge in [0.15, 0.2) is 0 Å². The molecule has 1 atom stereocenters. The first kappa shape index (κ1) is 19.0. The number of esters is 1. The van der Waals surface area contributed by atoms with E-state index in [4.69, 9.17) is 0 Å². The van der Waals surface area contributed by atoms with Crippen LogP contribution in [0.3, 0.4) is 0 Å². The van der Waals surface area contributed by atoms with Crippen LogP contribution < -0.4 is 9.80 Å². The summed E-state index contributed by atoms with van der Waals surface area (Å²) in [6, 6.07) is 7.59. The van der Waals surface area contributed by atoms with Gasteiger partial charge in [-0.2, -0.15) is 0 Å². The van der Waals surface area contributed by atoms with Gasteiger partial charge < -0.3 is 9.64 Å². The summed E-state index contributed by atoms with van der Waals surface area (Å²) in [5.41, 5.74) is 0.831. The van der Waals surface area contributed by atoms with Crippen LogP contribution in [-0.2, 0) is 14.3 Å². The Morgan fingerprint density at radius 3 is 2.31 bits per heavy atom. The summed E-state index contributed by atoms with van der Waals surface area (Å²) in [6.07, 6.45) is 3.56. The number of aromatic nitrogens is 2. The molecular weight excluding hydrogens is 374 g/mol. The molecule has 1 aromatic heterocycles. The summed E-state index contributed by atoms with van der Waals surface area (Å²) >= 11 is 0. The summed E-state index contributed by atoms with van der Waals surface area (Å²) < 4.78 is 4.67. The van der Waals surface area contributed by atoms with E-state index in [0.29, 0.717) is 43.4 Å². The number of methoxy groups -OCH3 is 1. The molecule has 2 amide bonds. The van der Waals surface area contributed by atoms with Crippen LogP contribution in [0.5, 0.6) is 0 Å². The Labute approximate surface area is 167 Å². The molecule has 0 bridgehead atoms. The lowest BCUT2D eigenvalue weighted by molar-refractivity contribution is -0.123. The van der Waals surface area contributed by atoms with Gasteiger partial charge in [-0.05, 0) is 30.3 Å². The van der Waals surface area contributed by atoms with Crippen molar-refractivity contribution in [1.29, 1.82) is 0 Å². The van der Waals surface area contributed by atoms with Crippen LogP contribution in [0.1, 0.15) is 16.8 Å².